The first-order valence-electron chi connectivity index (χ1n) is 5.73. The van der Waals surface area contributed by atoms with Gasteiger partial charge < -0.3 is 20.3 Å². The summed E-state index contributed by atoms with van der Waals surface area (Å²) in [5, 5.41) is 6.19. The predicted octanol–water partition coefficient (Wildman–Crippen LogP) is 0.968. The van der Waals surface area contributed by atoms with E-state index in [1.54, 1.807) is 31.2 Å². The molecule has 0 fully saturated rings. The number of carbonyl (C=O) groups is 1. The molecule has 2 aromatic rings. The summed E-state index contributed by atoms with van der Waals surface area (Å²) in [5.41, 5.74) is 5.94. The molecule has 0 unspecified atom stereocenters. The largest absolute Gasteiger partial charge is 0.492 e. The van der Waals surface area contributed by atoms with Crippen LogP contribution < -0.4 is 15.8 Å². The minimum Gasteiger partial charge on any atom is -0.492 e. The smallest absolute Gasteiger partial charge is 0.297 e. The zero-order valence-corrected chi connectivity index (χ0v) is 10.4. The number of aromatic nitrogens is 2. The second kappa shape index (κ2) is 5.96. The van der Waals surface area contributed by atoms with E-state index in [1.807, 2.05) is 0 Å². The fourth-order valence-electron chi connectivity index (χ4n) is 1.42. The molecule has 3 N–H and O–H groups in total. The Hall–Kier alpha value is -2.41. The van der Waals surface area contributed by atoms with E-state index in [0.717, 1.165) is 0 Å². The maximum Gasteiger partial charge on any atom is 0.297 e. The van der Waals surface area contributed by atoms with E-state index in [0.29, 0.717) is 30.5 Å². The Balaban J connectivity index is 2.04. The molecule has 1 aromatic carbocycles. The highest BCUT2D eigenvalue weighted by atomic mass is 16.5. The van der Waals surface area contributed by atoms with Gasteiger partial charge in [0.15, 0.2) is 0 Å². The van der Waals surface area contributed by atoms with Gasteiger partial charge in [-0.15, -0.1) is 0 Å². The van der Waals surface area contributed by atoms with Crippen molar-refractivity contribution in [3.63, 3.8) is 0 Å². The molecule has 0 aliphatic rings. The van der Waals surface area contributed by atoms with Crippen molar-refractivity contribution in [2.24, 2.45) is 5.73 Å². The number of nitrogens with zero attached hydrogens (tertiary/aromatic N) is 2. The molecule has 100 valence electrons. The Morgan fingerprint density at radius 2 is 2.37 bits per heavy atom. The standard InChI is InChI=1S/C12H14N4O3/c1-8-14-11(16-19-8)12(17)15-9-3-2-4-10(7-9)18-6-5-13/h2-4,7H,5-6,13H2,1H3,(H,15,17). The average molecular weight is 262 g/mol. The molecule has 1 heterocycles. The van der Waals surface area contributed by atoms with Crippen LogP contribution in [0.15, 0.2) is 28.8 Å². The molecule has 0 bridgehead atoms. The summed E-state index contributed by atoms with van der Waals surface area (Å²) in [7, 11) is 0. The van der Waals surface area contributed by atoms with Crippen molar-refractivity contribution in [3.8, 4) is 5.75 Å². The highest BCUT2D eigenvalue weighted by Crippen LogP contribution is 2.17. The van der Waals surface area contributed by atoms with Gasteiger partial charge in [0, 0.05) is 25.2 Å². The van der Waals surface area contributed by atoms with Crippen LogP contribution in [0.4, 0.5) is 5.69 Å². The van der Waals surface area contributed by atoms with Crippen molar-refractivity contribution in [1.29, 1.82) is 0 Å². The number of anilines is 1. The molecule has 0 aliphatic heterocycles. The molecule has 7 nitrogen and oxygen atoms in total. The van der Waals surface area contributed by atoms with E-state index in [1.165, 1.54) is 0 Å². The van der Waals surface area contributed by atoms with Gasteiger partial charge in [-0.2, -0.15) is 4.98 Å². The SMILES string of the molecule is Cc1nc(C(=O)Nc2cccc(OCCN)c2)no1. The molecule has 2 rings (SSSR count). The van der Waals surface area contributed by atoms with E-state index in [-0.39, 0.29) is 5.82 Å². The third-order valence-electron chi connectivity index (χ3n) is 2.21. The molecule has 0 spiro atoms. The first-order valence-corrected chi connectivity index (χ1v) is 5.73. The number of nitrogens with two attached hydrogens (primary N) is 1. The Labute approximate surface area is 109 Å². The lowest BCUT2D eigenvalue weighted by atomic mass is 10.3. The number of aryl methyl sites for hydroxylation is 1. The van der Waals surface area contributed by atoms with Gasteiger partial charge >= 0.3 is 0 Å². The van der Waals surface area contributed by atoms with Crippen molar-refractivity contribution in [1.82, 2.24) is 10.1 Å². The van der Waals surface area contributed by atoms with Crippen LogP contribution in [0, 0.1) is 6.92 Å². The molecule has 0 radical (unpaired) electrons. The van der Waals surface area contributed by atoms with Crippen molar-refractivity contribution in [2.75, 3.05) is 18.5 Å². The molecule has 0 aliphatic carbocycles. The van der Waals surface area contributed by atoms with Gasteiger partial charge in [-0.05, 0) is 12.1 Å². The monoisotopic (exact) mass is 262 g/mol. The number of carbonyl (C=O) groups excluding carboxylic acids is 1. The topological polar surface area (TPSA) is 103 Å². The van der Waals surface area contributed by atoms with Gasteiger partial charge in [-0.3, -0.25) is 4.79 Å². The molecule has 19 heavy (non-hydrogen) atoms. The number of hydrogen-bond acceptors (Lipinski definition) is 6. The minimum atomic E-state index is -0.437. The molecule has 0 saturated heterocycles. The fourth-order valence-corrected chi connectivity index (χ4v) is 1.42. The number of ether oxygens (including phenoxy) is 1. The maximum absolute atomic E-state index is 11.8. The summed E-state index contributed by atoms with van der Waals surface area (Å²) in [4.78, 5) is 15.6. The summed E-state index contributed by atoms with van der Waals surface area (Å²) in [6.45, 7) is 2.46. The highest BCUT2D eigenvalue weighted by Gasteiger charge is 2.13. The Morgan fingerprint density at radius 3 is 3.05 bits per heavy atom. The van der Waals surface area contributed by atoms with Gasteiger partial charge in [0.05, 0.1) is 0 Å². The fraction of sp³-hybridized carbons (Fsp3) is 0.250. The molecular formula is C12H14N4O3. The zero-order valence-electron chi connectivity index (χ0n) is 10.4. The number of benzene rings is 1. The van der Waals surface area contributed by atoms with Crippen molar-refractivity contribution < 1.29 is 14.1 Å². The summed E-state index contributed by atoms with van der Waals surface area (Å²) in [6, 6.07) is 6.98. The zero-order chi connectivity index (χ0) is 13.7. The van der Waals surface area contributed by atoms with Crippen LogP contribution in [-0.2, 0) is 0 Å². The van der Waals surface area contributed by atoms with Gasteiger partial charge in [-0.1, -0.05) is 11.2 Å². The maximum atomic E-state index is 11.8. The molecule has 7 heteroatoms. The van der Waals surface area contributed by atoms with E-state index in [4.69, 9.17) is 15.0 Å². The Morgan fingerprint density at radius 1 is 1.53 bits per heavy atom. The first-order chi connectivity index (χ1) is 9.19. The molecule has 1 aromatic heterocycles. The van der Waals surface area contributed by atoms with Gasteiger partial charge in [0.1, 0.15) is 12.4 Å². The summed E-state index contributed by atoms with van der Waals surface area (Å²) in [5.74, 6) is 0.524. The summed E-state index contributed by atoms with van der Waals surface area (Å²) in [6.07, 6.45) is 0. The van der Waals surface area contributed by atoms with Crippen molar-refractivity contribution in [2.45, 2.75) is 6.92 Å². The second-order valence-electron chi connectivity index (χ2n) is 3.76. The first kappa shape index (κ1) is 13.0. The number of rotatable bonds is 5. The van der Waals surface area contributed by atoms with Crippen molar-refractivity contribution >= 4 is 11.6 Å². The Kier molecular flexibility index (Phi) is 4.09. The molecule has 0 atom stereocenters. The van der Waals surface area contributed by atoms with Gasteiger partial charge in [0.2, 0.25) is 5.89 Å². The third-order valence-corrected chi connectivity index (χ3v) is 2.21. The lowest BCUT2D eigenvalue weighted by Crippen LogP contribution is -2.14. The normalized spacial score (nSPS) is 10.2. The van der Waals surface area contributed by atoms with E-state index in [9.17, 15) is 4.79 Å². The van der Waals surface area contributed by atoms with E-state index < -0.39 is 5.91 Å². The van der Waals surface area contributed by atoms with Gasteiger partial charge in [0.25, 0.3) is 11.7 Å². The lowest BCUT2D eigenvalue weighted by Gasteiger charge is -2.07. The highest BCUT2D eigenvalue weighted by molar-refractivity contribution is 6.01. The van der Waals surface area contributed by atoms with E-state index >= 15 is 0 Å². The Bertz CT molecular complexity index is 568. The third kappa shape index (κ3) is 3.52. The lowest BCUT2D eigenvalue weighted by molar-refractivity contribution is 0.101. The van der Waals surface area contributed by atoms with Crippen LogP contribution in [0.3, 0.4) is 0 Å². The van der Waals surface area contributed by atoms with Crippen LogP contribution in [0.1, 0.15) is 16.5 Å². The van der Waals surface area contributed by atoms with Crippen LogP contribution in [0.5, 0.6) is 5.75 Å². The van der Waals surface area contributed by atoms with Crippen LogP contribution >= 0.6 is 0 Å². The van der Waals surface area contributed by atoms with Gasteiger partial charge in [-0.25, -0.2) is 0 Å². The number of nitrogens with one attached hydrogen (secondary N) is 1. The molecular weight excluding hydrogens is 248 g/mol. The van der Waals surface area contributed by atoms with Crippen LogP contribution in [0.2, 0.25) is 0 Å². The van der Waals surface area contributed by atoms with Crippen LogP contribution in [0.25, 0.3) is 0 Å². The summed E-state index contributed by atoms with van der Waals surface area (Å²) < 4.78 is 10.1. The molecule has 1 amide bonds. The number of amides is 1. The van der Waals surface area contributed by atoms with Crippen LogP contribution in [-0.4, -0.2) is 29.2 Å². The second-order valence-corrected chi connectivity index (χ2v) is 3.76. The molecule has 0 saturated carbocycles. The quantitative estimate of drug-likeness (QED) is 0.832. The minimum absolute atomic E-state index is 0.00854. The number of hydrogen-bond donors (Lipinski definition) is 2. The van der Waals surface area contributed by atoms with Crippen molar-refractivity contribution in [3.05, 3.63) is 36.0 Å². The predicted molar refractivity (Wildman–Crippen MR) is 68.0 cm³/mol. The average Bonchev–Trinajstić information content (AvgIpc) is 2.83. The summed E-state index contributed by atoms with van der Waals surface area (Å²) >= 11 is 0. The van der Waals surface area contributed by atoms with E-state index in [2.05, 4.69) is 15.5 Å².